The molecule has 1 aromatic carbocycles. The molecule has 1 unspecified atom stereocenters. The Labute approximate surface area is 96.6 Å². The largest absolute Gasteiger partial charge is 0.497 e. The van der Waals surface area contributed by atoms with E-state index in [1.54, 1.807) is 7.11 Å². The van der Waals surface area contributed by atoms with Crippen molar-refractivity contribution in [1.29, 1.82) is 0 Å². The lowest BCUT2D eigenvalue weighted by molar-refractivity contribution is 0.414. The van der Waals surface area contributed by atoms with Crippen LogP contribution in [-0.4, -0.2) is 13.7 Å². The van der Waals surface area contributed by atoms with Crippen molar-refractivity contribution < 1.29 is 4.74 Å². The number of rotatable bonds is 5. The Balaban J connectivity index is 2.92. The molecule has 1 aromatic rings. The lowest BCUT2D eigenvalue weighted by Gasteiger charge is -2.18. The fraction of sp³-hybridized carbons (Fsp3) is 0.500. The zero-order valence-corrected chi connectivity index (χ0v) is 10.3. The van der Waals surface area contributed by atoms with E-state index in [2.05, 4.69) is 19.2 Å². The average molecular weight is 228 g/mol. The summed E-state index contributed by atoms with van der Waals surface area (Å²) in [5, 5.41) is 4.17. The van der Waals surface area contributed by atoms with Crippen molar-refractivity contribution in [3.05, 3.63) is 28.8 Å². The molecular formula is C12H18ClNO. The molecule has 0 heterocycles. The van der Waals surface area contributed by atoms with Crippen molar-refractivity contribution in [2.75, 3.05) is 13.7 Å². The van der Waals surface area contributed by atoms with Gasteiger partial charge in [-0.05, 0) is 30.7 Å². The monoisotopic (exact) mass is 227 g/mol. The summed E-state index contributed by atoms with van der Waals surface area (Å²) >= 11 is 6.20. The van der Waals surface area contributed by atoms with Gasteiger partial charge in [0.2, 0.25) is 0 Å². The first-order chi connectivity index (χ1) is 7.22. The summed E-state index contributed by atoms with van der Waals surface area (Å²) in [4.78, 5) is 0. The molecule has 1 rings (SSSR count). The zero-order chi connectivity index (χ0) is 11.3. The fourth-order valence-electron chi connectivity index (χ4n) is 1.64. The molecule has 1 atom stereocenters. The highest BCUT2D eigenvalue weighted by molar-refractivity contribution is 6.31. The van der Waals surface area contributed by atoms with Crippen LogP contribution in [0.25, 0.3) is 0 Å². The molecule has 84 valence electrons. The minimum Gasteiger partial charge on any atom is -0.497 e. The van der Waals surface area contributed by atoms with Crippen molar-refractivity contribution in [3.63, 3.8) is 0 Å². The van der Waals surface area contributed by atoms with Gasteiger partial charge in [0.15, 0.2) is 0 Å². The van der Waals surface area contributed by atoms with E-state index in [1.807, 2.05) is 18.2 Å². The molecule has 0 aliphatic heterocycles. The van der Waals surface area contributed by atoms with Gasteiger partial charge in [-0.25, -0.2) is 0 Å². The highest BCUT2D eigenvalue weighted by atomic mass is 35.5. The Morgan fingerprint density at radius 3 is 2.60 bits per heavy atom. The second-order valence-corrected chi connectivity index (χ2v) is 3.81. The van der Waals surface area contributed by atoms with Gasteiger partial charge in [0.25, 0.3) is 0 Å². The third-order valence-corrected chi connectivity index (χ3v) is 2.77. The van der Waals surface area contributed by atoms with Crippen LogP contribution >= 0.6 is 11.6 Å². The van der Waals surface area contributed by atoms with Gasteiger partial charge in [0.05, 0.1) is 7.11 Å². The van der Waals surface area contributed by atoms with Crippen LogP contribution in [0.4, 0.5) is 0 Å². The van der Waals surface area contributed by atoms with Crippen molar-refractivity contribution in [3.8, 4) is 5.75 Å². The highest BCUT2D eigenvalue weighted by Crippen LogP contribution is 2.28. The maximum Gasteiger partial charge on any atom is 0.120 e. The van der Waals surface area contributed by atoms with Crippen molar-refractivity contribution >= 4 is 11.6 Å². The molecule has 0 saturated heterocycles. The molecule has 0 spiro atoms. The molecule has 0 radical (unpaired) electrons. The van der Waals surface area contributed by atoms with Gasteiger partial charge in [-0.2, -0.15) is 0 Å². The molecule has 3 heteroatoms. The van der Waals surface area contributed by atoms with Crippen LogP contribution in [0.3, 0.4) is 0 Å². The number of halogens is 1. The predicted octanol–water partition coefficient (Wildman–Crippen LogP) is 3.41. The van der Waals surface area contributed by atoms with Gasteiger partial charge < -0.3 is 10.1 Å². The van der Waals surface area contributed by atoms with E-state index in [0.29, 0.717) is 6.04 Å². The third kappa shape index (κ3) is 3.11. The molecule has 0 bridgehead atoms. The minimum absolute atomic E-state index is 0.327. The van der Waals surface area contributed by atoms with Gasteiger partial charge >= 0.3 is 0 Å². The molecule has 0 aliphatic rings. The van der Waals surface area contributed by atoms with E-state index in [1.165, 1.54) is 0 Å². The van der Waals surface area contributed by atoms with Crippen molar-refractivity contribution in [2.45, 2.75) is 26.3 Å². The third-order valence-electron chi connectivity index (χ3n) is 2.44. The molecule has 0 aromatic heterocycles. The summed E-state index contributed by atoms with van der Waals surface area (Å²) in [7, 11) is 1.65. The van der Waals surface area contributed by atoms with E-state index in [-0.39, 0.29) is 0 Å². The number of ether oxygens (including phenoxy) is 1. The Bertz CT molecular complexity index is 314. The maximum atomic E-state index is 6.20. The lowest BCUT2D eigenvalue weighted by Crippen LogP contribution is -2.20. The average Bonchev–Trinajstić information content (AvgIpc) is 2.26. The van der Waals surface area contributed by atoms with E-state index >= 15 is 0 Å². The summed E-state index contributed by atoms with van der Waals surface area (Å²) in [6.07, 6.45) is 1.03. The number of hydrogen-bond donors (Lipinski definition) is 1. The Morgan fingerprint density at radius 2 is 2.13 bits per heavy atom. The molecular weight excluding hydrogens is 210 g/mol. The first-order valence-corrected chi connectivity index (χ1v) is 5.67. The molecule has 15 heavy (non-hydrogen) atoms. The van der Waals surface area contributed by atoms with Gasteiger partial charge in [0, 0.05) is 11.1 Å². The standard InChI is InChI=1S/C12H18ClNO/c1-4-12(14-5-2)10-7-6-9(15-3)8-11(10)13/h6-8,12,14H,4-5H2,1-3H3. The number of benzene rings is 1. The van der Waals surface area contributed by atoms with Crippen LogP contribution in [0.2, 0.25) is 5.02 Å². The van der Waals surface area contributed by atoms with E-state index in [4.69, 9.17) is 16.3 Å². The summed E-state index contributed by atoms with van der Waals surface area (Å²) in [5.74, 6) is 0.801. The molecule has 0 aliphatic carbocycles. The van der Waals surface area contributed by atoms with Crippen molar-refractivity contribution in [2.24, 2.45) is 0 Å². The Hall–Kier alpha value is -0.730. The minimum atomic E-state index is 0.327. The van der Waals surface area contributed by atoms with E-state index in [0.717, 1.165) is 29.3 Å². The zero-order valence-electron chi connectivity index (χ0n) is 9.51. The normalized spacial score (nSPS) is 12.5. The van der Waals surface area contributed by atoms with Gasteiger partial charge in [0.1, 0.15) is 5.75 Å². The number of methoxy groups -OCH3 is 1. The molecule has 0 fully saturated rings. The van der Waals surface area contributed by atoms with E-state index < -0.39 is 0 Å². The number of nitrogens with one attached hydrogen (secondary N) is 1. The van der Waals surface area contributed by atoms with E-state index in [9.17, 15) is 0 Å². The first kappa shape index (κ1) is 12.3. The molecule has 0 amide bonds. The SMILES string of the molecule is CCNC(CC)c1ccc(OC)cc1Cl. The highest BCUT2D eigenvalue weighted by Gasteiger charge is 2.11. The molecule has 0 saturated carbocycles. The second-order valence-electron chi connectivity index (χ2n) is 3.41. The predicted molar refractivity (Wildman–Crippen MR) is 64.7 cm³/mol. The maximum absolute atomic E-state index is 6.20. The van der Waals surface area contributed by atoms with Crippen LogP contribution in [-0.2, 0) is 0 Å². The summed E-state index contributed by atoms with van der Waals surface area (Å²) in [5.41, 5.74) is 1.14. The second kappa shape index (κ2) is 5.99. The van der Waals surface area contributed by atoms with Gasteiger partial charge in [-0.15, -0.1) is 0 Å². The fourth-order valence-corrected chi connectivity index (χ4v) is 1.94. The Morgan fingerprint density at radius 1 is 1.40 bits per heavy atom. The molecule has 2 nitrogen and oxygen atoms in total. The smallest absolute Gasteiger partial charge is 0.120 e. The summed E-state index contributed by atoms with van der Waals surface area (Å²) in [6, 6.07) is 6.16. The lowest BCUT2D eigenvalue weighted by atomic mass is 10.0. The summed E-state index contributed by atoms with van der Waals surface area (Å²) < 4.78 is 5.12. The van der Waals surface area contributed by atoms with Crippen LogP contribution < -0.4 is 10.1 Å². The molecule has 1 N–H and O–H groups in total. The van der Waals surface area contributed by atoms with Crippen LogP contribution in [0.1, 0.15) is 31.9 Å². The van der Waals surface area contributed by atoms with Crippen LogP contribution in [0.15, 0.2) is 18.2 Å². The number of hydrogen-bond acceptors (Lipinski definition) is 2. The Kier molecular flexibility index (Phi) is 4.92. The first-order valence-electron chi connectivity index (χ1n) is 5.29. The summed E-state index contributed by atoms with van der Waals surface area (Å²) in [6.45, 7) is 5.19. The quantitative estimate of drug-likeness (QED) is 0.833. The van der Waals surface area contributed by atoms with Crippen LogP contribution in [0.5, 0.6) is 5.75 Å². The van der Waals surface area contributed by atoms with Gasteiger partial charge in [-0.1, -0.05) is 31.5 Å². The van der Waals surface area contributed by atoms with Crippen LogP contribution in [0, 0.1) is 0 Å². The topological polar surface area (TPSA) is 21.3 Å². The van der Waals surface area contributed by atoms with Crippen molar-refractivity contribution in [1.82, 2.24) is 5.32 Å². The van der Waals surface area contributed by atoms with Gasteiger partial charge in [-0.3, -0.25) is 0 Å².